The van der Waals surface area contributed by atoms with Crippen LogP contribution in [0.25, 0.3) is 22.0 Å². The van der Waals surface area contributed by atoms with E-state index in [2.05, 4.69) is 10.3 Å². The summed E-state index contributed by atoms with van der Waals surface area (Å²) in [7, 11) is 0. The summed E-state index contributed by atoms with van der Waals surface area (Å²) in [5.74, 6) is -0.771. The first kappa shape index (κ1) is 22.0. The lowest BCUT2D eigenvalue weighted by molar-refractivity contribution is 0.0166. The van der Waals surface area contributed by atoms with Gasteiger partial charge in [0.2, 0.25) is 0 Å². The average Bonchev–Trinajstić information content (AvgIpc) is 3.19. The molecule has 0 bridgehead atoms. The maximum absolute atomic E-state index is 14.4. The molecule has 2 atom stereocenters. The molecule has 0 aliphatic heterocycles. The van der Waals surface area contributed by atoms with Crippen LogP contribution in [0, 0.1) is 5.82 Å². The van der Waals surface area contributed by atoms with Crippen LogP contribution in [-0.2, 0) is 4.74 Å². The van der Waals surface area contributed by atoms with Gasteiger partial charge >= 0.3 is 6.09 Å². The second-order valence-electron chi connectivity index (χ2n) is 8.29. The molecule has 7 heteroatoms. The highest BCUT2D eigenvalue weighted by Gasteiger charge is 2.29. The van der Waals surface area contributed by atoms with E-state index in [0.717, 1.165) is 22.3 Å². The Balaban J connectivity index is 1.20. The number of hydrogen-bond donors (Lipinski definition) is 3. The number of rotatable bonds is 6. The number of ether oxygens (including phenoxy) is 1. The van der Waals surface area contributed by atoms with E-state index in [4.69, 9.17) is 4.74 Å². The number of fused-ring (bicyclic) bond motifs is 4. The number of carbonyl (C=O) groups is 1. The van der Waals surface area contributed by atoms with Crippen molar-refractivity contribution in [2.45, 2.75) is 18.1 Å². The number of aromatic nitrogens is 1. The molecule has 4 aromatic rings. The normalized spacial score (nSPS) is 14.3. The maximum Gasteiger partial charge on any atom is 0.407 e. The monoisotopic (exact) mass is 458 g/mol. The Hall–Kier alpha value is -3.81. The van der Waals surface area contributed by atoms with Crippen LogP contribution in [0.3, 0.4) is 0 Å². The Bertz CT molecular complexity index is 1310. The lowest BCUT2D eigenvalue weighted by atomic mass is 9.98. The minimum atomic E-state index is -1.53. The molecule has 1 heterocycles. The first-order valence-corrected chi connectivity index (χ1v) is 11.0. The van der Waals surface area contributed by atoms with Crippen molar-refractivity contribution in [3.8, 4) is 11.1 Å². The molecule has 5 rings (SSSR count). The smallest absolute Gasteiger partial charge is 0.407 e. The zero-order chi connectivity index (χ0) is 23.7. The summed E-state index contributed by atoms with van der Waals surface area (Å²) < 4.78 is 19.9. The van der Waals surface area contributed by atoms with Crippen LogP contribution in [-0.4, -0.2) is 40.5 Å². The van der Waals surface area contributed by atoms with Crippen LogP contribution in [0.2, 0.25) is 0 Å². The summed E-state index contributed by atoms with van der Waals surface area (Å²) in [6.45, 7) is -0.173. The fourth-order valence-corrected chi connectivity index (χ4v) is 4.50. The van der Waals surface area contributed by atoms with Gasteiger partial charge in [0.05, 0.1) is 5.52 Å². The molecule has 172 valence electrons. The zero-order valence-corrected chi connectivity index (χ0v) is 18.2. The molecule has 2 unspecified atom stereocenters. The van der Waals surface area contributed by atoms with Gasteiger partial charge in [-0.2, -0.15) is 0 Å². The molecule has 1 amide bonds. The first-order valence-electron chi connectivity index (χ1n) is 11.0. The van der Waals surface area contributed by atoms with Crippen LogP contribution < -0.4 is 5.32 Å². The number of hydrogen-bond acceptors (Lipinski definition) is 5. The second-order valence-corrected chi connectivity index (χ2v) is 8.29. The van der Waals surface area contributed by atoms with Gasteiger partial charge in [-0.3, -0.25) is 4.98 Å². The van der Waals surface area contributed by atoms with Crippen molar-refractivity contribution in [1.82, 2.24) is 10.3 Å². The van der Waals surface area contributed by atoms with Crippen molar-refractivity contribution in [1.29, 1.82) is 0 Å². The van der Waals surface area contributed by atoms with E-state index in [1.54, 1.807) is 18.3 Å². The van der Waals surface area contributed by atoms with E-state index in [-0.39, 0.29) is 24.6 Å². The van der Waals surface area contributed by atoms with E-state index in [1.165, 1.54) is 12.1 Å². The molecule has 0 fully saturated rings. The standard InChI is InChI=1S/C27H23FN2O4/c28-23-13-24-16(6-5-11-29-24)12-21(23)26(32)25(31)14-30-27(33)34-15-22-19-9-3-1-7-17(19)18-8-2-4-10-20(18)22/h1-13,22,25-26,31-32H,14-15H2,(H,30,33). The molecular formula is C27H23FN2O4. The number of nitrogens with one attached hydrogen (secondary N) is 1. The summed E-state index contributed by atoms with van der Waals surface area (Å²) >= 11 is 0. The molecule has 3 N–H and O–H groups in total. The second kappa shape index (κ2) is 9.21. The van der Waals surface area contributed by atoms with E-state index >= 15 is 0 Å². The number of nitrogens with zero attached hydrogens (tertiary/aromatic N) is 1. The van der Waals surface area contributed by atoms with Gasteiger partial charge in [-0.1, -0.05) is 54.6 Å². The Morgan fingerprint density at radius 3 is 2.38 bits per heavy atom. The summed E-state index contributed by atoms with van der Waals surface area (Å²) in [6.07, 6.45) is -2.13. The third kappa shape index (κ3) is 4.11. The predicted octanol–water partition coefficient (Wildman–Crippen LogP) is 4.31. The summed E-state index contributed by atoms with van der Waals surface area (Å²) in [5.41, 5.74) is 4.81. The highest BCUT2D eigenvalue weighted by molar-refractivity contribution is 5.80. The number of halogens is 1. The van der Waals surface area contributed by atoms with E-state index in [0.29, 0.717) is 10.9 Å². The number of benzene rings is 3. The van der Waals surface area contributed by atoms with Crippen LogP contribution in [0.4, 0.5) is 9.18 Å². The lowest BCUT2D eigenvalue weighted by Crippen LogP contribution is -2.36. The van der Waals surface area contributed by atoms with Gasteiger partial charge in [0.25, 0.3) is 0 Å². The largest absolute Gasteiger partial charge is 0.449 e. The molecule has 0 radical (unpaired) electrons. The Kier molecular flexibility index (Phi) is 5.96. The molecule has 34 heavy (non-hydrogen) atoms. The number of alkyl carbamates (subject to hydrolysis) is 1. The highest BCUT2D eigenvalue weighted by Crippen LogP contribution is 2.44. The number of pyridine rings is 1. The number of carbonyl (C=O) groups excluding carboxylic acids is 1. The van der Waals surface area contributed by atoms with Crippen molar-refractivity contribution < 1.29 is 24.1 Å². The first-order chi connectivity index (χ1) is 16.5. The van der Waals surface area contributed by atoms with Gasteiger partial charge in [-0.05, 0) is 34.4 Å². The zero-order valence-electron chi connectivity index (χ0n) is 18.2. The van der Waals surface area contributed by atoms with Crippen molar-refractivity contribution in [2.24, 2.45) is 0 Å². The third-order valence-corrected chi connectivity index (χ3v) is 6.20. The Morgan fingerprint density at radius 1 is 1.00 bits per heavy atom. The molecule has 0 saturated heterocycles. The molecule has 1 aliphatic rings. The van der Waals surface area contributed by atoms with E-state index in [9.17, 15) is 19.4 Å². The van der Waals surface area contributed by atoms with Gasteiger partial charge in [-0.25, -0.2) is 9.18 Å². The molecule has 0 spiro atoms. The van der Waals surface area contributed by atoms with Crippen LogP contribution in [0.1, 0.15) is 28.7 Å². The minimum absolute atomic E-state index is 0.0673. The van der Waals surface area contributed by atoms with Crippen molar-refractivity contribution in [3.05, 3.63) is 102 Å². The SMILES string of the molecule is O=C(NCC(O)C(O)c1cc2cccnc2cc1F)OCC1c2ccccc2-c2ccccc21. The topological polar surface area (TPSA) is 91.7 Å². The number of aliphatic hydroxyl groups excluding tert-OH is 2. The number of amides is 1. The fourth-order valence-electron chi connectivity index (χ4n) is 4.50. The average molecular weight is 458 g/mol. The van der Waals surface area contributed by atoms with Crippen molar-refractivity contribution >= 4 is 17.0 Å². The van der Waals surface area contributed by atoms with E-state index < -0.39 is 24.1 Å². The van der Waals surface area contributed by atoms with Crippen LogP contribution in [0.5, 0.6) is 0 Å². The van der Waals surface area contributed by atoms with Crippen LogP contribution >= 0.6 is 0 Å². The van der Waals surface area contributed by atoms with Crippen LogP contribution in [0.15, 0.2) is 79.0 Å². The molecular weight excluding hydrogens is 435 g/mol. The molecule has 0 saturated carbocycles. The Morgan fingerprint density at radius 2 is 1.68 bits per heavy atom. The van der Waals surface area contributed by atoms with Gasteiger partial charge in [0.15, 0.2) is 0 Å². The quantitative estimate of drug-likeness (QED) is 0.401. The molecule has 1 aromatic heterocycles. The fraction of sp³-hybridized carbons (Fsp3) is 0.185. The molecule has 6 nitrogen and oxygen atoms in total. The summed E-state index contributed by atoms with van der Waals surface area (Å²) in [6, 6.07) is 22.1. The molecule has 1 aliphatic carbocycles. The Labute approximate surface area is 195 Å². The third-order valence-electron chi connectivity index (χ3n) is 6.20. The predicted molar refractivity (Wildman–Crippen MR) is 126 cm³/mol. The molecule has 3 aromatic carbocycles. The van der Waals surface area contributed by atoms with Gasteiger partial charge in [-0.15, -0.1) is 0 Å². The van der Waals surface area contributed by atoms with Gasteiger partial charge in [0.1, 0.15) is 24.6 Å². The highest BCUT2D eigenvalue weighted by atomic mass is 19.1. The summed E-state index contributed by atoms with van der Waals surface area (Å²) in [4.78, 5) is 16.4. The lowest BCUT2D eigenvalue weighted by Gasteiger charge is -2.20. The maximum atomic E-state index is 14.4. The van der Waals surface area contributed by atoms with Crippen molar-refractivity contribution in [2.75, 3.05) is 13.2 Å². The van der Waals surface area contributed by atoms with E-state index in [1.807, 2.05) is 48.5 Å². The summed E-state index contributed by atoms with van der Waals surface area (Å²) in [5, 5.41) is 23.9. The minimum Gasteiger partial charge on any atom is -0.449 e. The van der Waals surface area contributed by atoms with Gasteiger partial charge in [0, 0.05) is 35.7 Å². The van der Waals surface area contributed by atoms with Crippen molar-refractivity contribution in [3.63, 3.8) is 0 Å². The number of aliphatic hydroxyl groups is 2. The van der Waals surface area contributed by atoms with Gasteiger partial charge < -0.3 is 20.3 Å².